The van der Waals surface area contributed by atoms with Crippen LogP contribution in [0.15, 0.2) is 18.2 Å². The van der Waals surface area contributed by atoms with E-state index < -0.39 is 9.84 Å². The topological polar surface area (TPSA) is 54.5 Å². The molecule has 1 fully saturated rings. The molecule has 0 N–H and O–H groups in total. The van der Waals surface area contributed by atoms with Crippen molar-refractivity contribution < 1.29 is 13.2 Å². The average molecular weight is 281 g/mol. The summed E-state index contributed by atoms with van der Waals surface area (Å²) in [6.07, 6.45) is 0.537. The average Bonchev–Trinajstić information content (AvgIpc) is 2.66. The van der Waals surface area contributed by atoms with Crippen molar-refractivity contribution in [2.75, 3.05) is 18.6 Å². The quantitative estimate of drug-likeness (QED) is 0.826. The summed E-state index contributed by atoms with van der Waals surface area (Å²) >= 11 is 0. The molecular formula is C14H19NO3S. The first-order valence-electron chi connectivity index (χ1n) is 6.34. The fraction of sp³-hybridized carbons (Fsp3) is 0.500. The van der Waals surface area contributed by atoms with Gasteiger partial charge in [-0.1, -0.05) is 17.2 Å². The van der Waals surface area contributed by atoms with Crippen molar-refractivity contribution in [2.24, 2.45) is 0 Å². The van der Waals surface area contributed by atoms with Gasteiger partial charge in [-0.2, -0.15) is 0 Å². The van der Waals surface area contributed by atoms with Gasteiger partial charge in [-0.25, -0.2) is 8.42 Å². The molecule has 0 aliphatic carbocycles. The zero-order chi connectivity index (χ0) is 14.2. The van der Waals surface area contributed by atoms with Gasteiger partial charge in [0.15, 0.2) is 9.84 Å². The standard InChI is InChI=1S/C14H19NO3S/c1-10-6-11(2)8-12(7-10)14(16)15(3)13-4-5-19(17,18)9-13/h6-8,13H,4-5,9H2,1-3H3/t13-/m0/s1. The van der Waals surface area contributed by atoms with Crippen LogP contribution in [0.3, 0.4) is 0 Å². The van der Waals surface area contributed by atoms with Crippen LogP contribution < -0.4 is 0 Å². The van der Waals surface area contributed by atoms with Crippen LogP contribution >= 0.6 is 0 Å². The third-order valence-electron chi connectivity index (χ3n) is 3.55. The molecule has 1 aliphatic heterocycles. The molecule has 0 spiro atoms. The Hall–Kier alpha value is -1.36. The first-order chi connectivity index (χ1) is 8.78. The Kier molecular flexibility index (Phi) is 3.67. The van der Waals surface area contributed by atoms with Gasteiger partial charge in [0, 0.05) is 18.7 Å². The zero-order valence-corrected chi connectivity index (χ0v) is 12.3. The van der Waals surface area contributed by atoms with E-state index >= 15 is 0 Å². The molecule has 1 atom stereocenters. The van der Waals surface area contributed by atoms with E-state index in [2.05, 4.69) is 0 Å². The van der Waals surface area contributed by atoms with Gasteiger partial charge >= 0.3 is 0 Å². The Morgan fingerprint density at radius 1 is 1.21 bits per heavy atom. The third-order valence-corrected chi connectivity index (χ3v) is 5.30. The van der Waals surface area contributed by atoms with Gasteiger partial charge in [0.2, 0.25) is 0 Å². The van der Waals surface area contributed by atoms with Gasteiger partial charge in [0.05, 0.1) is 11.5 Å². The molecule has 4 nitrogen and oxygen atoms in total. The van der Waals surface area contributed by atoms with Crippen molar-refractivity contribution in [3.05, 3.63) is 34.9 Å². The van der Waals surface area contributed by atoms with Gasteiger partial charge < -0.3 is 4.90 Å². The lowest BCUT2D eigenvalue weighted by atomic mass is 10.1. The second kappa shape index (κ2) is 4.96. The van der Waals surface area contributed by atoms with Crippen LogP contribution in [-0.2, 0) is 9.84 Å². The number of aryl methyl sites for hydroxylation is 2. The normalized spacial score (nSPS) is 21.3. The Balaban J connectivity index is 2.20. The second-order valence-corrected chi connectivity index (χ2v) is 7.58. The number of carbonyl (C=O) groups is 1. The molecule has 1 heterocycles. The highest BCUT2D eigenvalue weighted by molar-refractivity contribution is 7.91. The van der Waals surface area contributed by atoms with E-state index in [1.807, 2.05) is 32.0 Å². The van der Waals surface area contributed by atoms with E-state index in [1.165, 1.54) is 0 Å². The maximum Gasteiger partial charge on any atom is 0.253 e. The summed E-state index contributed by atoms with van der Waals surface area (Å²) in [6, 6.07) is 5.50. The van der Waals surface area contributed by atoms with Gasteiger partial charge in [0.1, 0.15) is 0 Å². The lowest BCUT2D eigenvalue weighted by Crippen LogP contribution is -2.37. The predicted molar refractivity (Wildman–Crippen MR) is 75.1 cm³/mol. The molecule has 0 unspecified atom stereocenters. The number of nitrogens with zero attached hydrogens (tertiary/aromatic N) is 1. The number of hydrogen-bond acceptors (Lipinski definition) is 3. The van der Waals surface area contributed by atoms with Crippen LogP contribution in [0.5, 0.6) is 0 Å². The number of carbonyl (C=O) groups excluding carboxylic acids is 1. The number of rotatable bonds is 2. The number of hydrogen-bond donors (Lipinski definition) is 0. The number of benzene rings is 1. The van der Waals surface area contributed by atoms with Crippen molar-refractivity contribution in [3.63, 3.8) is 0 Å². The Labute approximate surface area is 114 Å². The molecule has 0 saturated carbocycles. The van der Waals surface area contributed by atoms with Crippen molar-refractivity contribution in [1.29, 1.82) is 0 Å². The van der Waals surface area contributed by atoms with Gasteiger partial charge in [0.25, 0.3) is 5.91 Å². The highest BCUT2D eigenvalue weighted by Crippen LogP contribution is 2.19. The molecule has 5 heteroatoms. The summed E-state index contributed by atoms with van der Waals surface area (Å²) in [5.41, 5.74) is 2.70. The molecule has 1 aliphatic rings. The van der Waals surface area contributed by atoms with E-state index in [-0.39, 0.29) is 23.5 Å². The monoisotopic (exact) mass is 281 g/mol. The van der Waals surface area contributed by atoms with Crippen LogP contribution in [0.4, 0.5) is 0 Å². The minimum atomic E-state index is -2.97. The van der Waals surface area contributed by atoms with Crippen LogP contribution in [0.1, 0.15) is 27.9 Å². The number of amides is 1. The molecule has 2 rings (SSSR count). The fourth-order valence-electron chi connectivity index (χ4n) is 2.55. The van der Waals surface area contributed by atoms with E-state index in [4.69, 9.17) is 0 Å². The summed E-state index contributed by atoms with van der Waals surface area (Å²) in [6.45, 7) is 3.90. The highest BCUT2D eigenvalue weighted by atomic mass is 32.2. The molecule has 0 bridgehead atoms. The Morgan fingerprint density at radius 3 is 2.26 bits per heavy atom. The Bertz CT molecular complexity index is 587. The summed E-state index contributed by atoms with van der Waals surface area (Å²) in [5, 5.41) is 0. The number of sulfone groups is 1. The molecule has 0 aromatic heterocycles. The van der Waals surface area contributed by atoms with Crippen LogP contribution in [-0.4, -0.2) is 43.8 Å². The van der Waals surface area contributed by atoms with Gasteiger partial charge in [-0.15, -0.1) is 0 Å². The minimum Gasteiger partial charge on any atom is -0.338 e. The maximum atomic E-state index is 12.4. The van der Waals surface area contributed by atoms with E-state index in [0.29, 0.717) is 12.0 Å². The molecule has 1 amide bonds. The van der Waals surface area contributed by atoms with Gasteiger partial charge in [-0.05, 0) is 32.4 Å². The zero-order valence-electron chi connectivity index (χ0n) is 11.5. The first kappa shape index (κ1) is 14.1. The largest absolute Gasteiger partial charge is 0.338 e. The van der Waals surface area contributed by atoms with Crippen molar-refractivity contribution in [1.82, 2.24) is 4.90 Å². The van der Waals surface area contributed by atoms with E-state index in [1.54, 1.807) is 11.9 Å². The van der Waals surface area contributed by atoms with Crippen LogP contribution in [0.25, 0.3) is 0 Å². The SMILES string of the molecule is Cc1cc(C)cc(C(=O)N(C)[C@H]2CCS(=O)(=O)C2)c1. The van der Waals surface area contributed by atoms with E-state index in [0.717, 1.165) is 11.1 Å². The van der Waals surface area contributed by atoms with Crippen molar-refractivity contribution >= 4 is 15.7 Å². The third kappa shape index (κ3) is 3.15. The molecule has 1 saturated heterocycles. The summed E-state index contributed by atoms with van der Waals surface area (Å²) < 4.78 is 22.9. The lowest BCUT2D eigenvalue weighted by molar-refractivity contribution is 0.0747. The molecular weight excluding hydrogens is 262 g/mol. The van der Waals surface area contributed by atoms with Crippen LogP contribution in [0.2, 0.25) is 0 Å². The molecule has 19 heavy (non-hydrogen) atoms. The van der Waals surface area contributed by atoms with Crippen molar-refractivity contribution in [3.8, 4) is 0 Å². The van der Waals surface area contributed by atoms with Crippen molar-refractivity contribution in [2.45, 2.75) is 26.3 Å². The van der Waals surface area contributed by atoms with E-state index in [9.17, 15) is 13.2 Å². The Morgan fingerprint density at radius 2 is 1.79 bits per heavy atom. The van der Waals surface area contributed by atoms with Crippen LogP contribution in [0, 0.1) is 13.8 Å². The summed E-state index contributed by atoms with van der Waals surface area (Å²) in [7, 11) is -1.28. The highest BCUT2D eigenvalue weighted by Gasteiger charge is 2.33. The summed E-state index contributed by atoms with van der Waals surface area (Å²) in [4.78, 5) is 13.9. The summed E-state index contributed by atoms with van der Waals surface area (Å²) in [5.74, 6) is 0.163. The predicted octanol–water partition coefficient (Wildman–Crippen LogP) is 1.56. The first-order valence-corrected chi connectivity index (χ1v) is 8.16. The second-order valence-electron chi connectivity index (χ2n) is 5.35. The molecule has 0 radical (unpaired) electrons. The fourth-order valence-corrected chi connectivity index (χ4v) is 4.32. The van der Waals surface area contributed by atoms with Gasteiger partial charge in [-0.3, -0.25) is 4.79 Å². The lowest BCUT2D eigenvalue weighted by Gasteiger charge is -2.23. The molecule has 1 aromatic carbocycles. The smallest absolute Gasteiger partial charge is 0.253 e. The minimum absolute atomic E-state index is 0.0834. The molecule has 104 valence electrons. The maximum absolute atomic E-state index is 12.4. The molecule has 1 aromatic rings.